The minimum absolute atomic E-state index is 0.236. The molecule has 0 saturated carbocycles. The molecule has 0 aliphatic heterocycles. The molecule has 0 N–H and O–H groups in total. The maximum absolute atomic E-state index is 12.4. The van der Waals surface area contributed by atoms with Crippen LogP contribution in [0.15, 0.2) is 18.3 Å². The van der Waals surface area contributed by atoms with Crippen LogP contribution in [0.4, 0.5) is 4.39 Å². The molecule has 2 heteroatoms. The Morgan fingerprint density at radius 1 is 1.33 bits per heavy atom. The third-order valence-corrected chi connectivity index (χ3v) is 1.52. The lowest BCUT2D eigenvalue weighted by Crippen LogP contribution is -2.09. The van der Waals surface area contributed by atoms with E-state index in [2.05, 4.69) is 25.8 Å². The highest BCUT2D eigenvalue weighted by Gasteiger charge is 2.10. The average molecular weight is 167 g/mol. The summed E-state index contributed by atoms with van der Waals surface area (Å²) < 4.78 is 12.4. The predicted octanol–water partition coefficient (Wildman–Crippen LogP) is 2.81. The fraction of sp³-hybridized carbons (Fsp3) is 0.500. The maximum Gasteiger partial charge on any atom is 0.212 e. The molecule has 0 bridgehead atoms. The van der Waals surface area contributed by atoms with Crippen LogP contribution in [0.2, 0.25) is 0 Å². The first-order valence-corrected chi connectivity index (χ1v) is 4.08. The summed E-state index contributed by atoms with van der Waals surface area (Å²) in [7, 11) is 0. The van der Waals surface area contributed by atoms with Gasteiger partial charge in [-0.1, -0.05) is 26.8 Å². The van der Waals surface area contributed by atoms with Gasteiger partial charge in [0.25, 0.3) is 0 Å². The van der Waals surface area contributed by atoms with E-state index in [1.807, 2.05) is 0 Å². The molecule has 0 aliphatic carbocycles. The molecule has 1 heterocycles. The minimum Gasteiger partial charge on any atom is -0.228 e. The van der Waals surface area contributed by atoms with Gasteiger partial charge in [0.1, 0.15) is 0 Å². The van der Waals surface area contributed by atoms with Gasteiger partial charge in [-0.3, -0.25) is 0 Å². The molecule has 1 rings (SSSR count). The Morgan fingerprint density at radius 2 is 2.00 bits per heavy atom. The van der Waals surface area contributed by atoms with E-state index in [0.29, 0.717) is 0 Å². The van der Waals surface area contributed by atoms with E-state index in [9.17, 15) is 4.39 Å². The van der Waals surface area contributed by atoms with Gasteiger partial charge in [0.2, 0.25) is 5.95 Å². The highest BCUT2D eigenvalue weighted by molar-refractivity contribution is 5.10. The van der Waals surface area contributed by atoms with Crippen LogP contribution in [-0.2, 0) is 6.42 Å². The van der Waals surface area contributed by atoms with Gasteiger partial charge in [-0.15, -0.1) is 0 Å². The lowest BCUT2D eigenvalue weighted by Gasteiger charge is -2.17. The lowest BCUT2D eigenvalue weighted by molar-refractivity contribution is 0.410. The molecule has 0 unspecified atom stereocenters. The molecule has 0 fully saturated rings. The van der Waals surface area contributed by atoms with E-state index >= 15 is 0 Å². The van der Waals surface area contributed by atoms with Crippen molar-refractivity contribution in [2.24, 2.45) is 5.41 Å². The molecule has 0 aliphatic rings. The summed E-state index contributed by atoms with van der Waals surface area (Å²) in [5.41, 5.74) is 1.32. The van der Waals surface area contributed by atoms with E-state index in [0.717, 1.165) is 12.0 Å². The van der Waals surface area contributed by atoms with Gasteiger partial charge in [0.15, 0.2) is 0 Å². The number of hydrogen-bond acceptors (Lipinski definition) is 1. The number of nitrogens with zero attached hydrogens (tertiary/aromatic N) is 1. The molecule has 0 saturated heterocycles. The topological polar surface area (TPSA) is 12.9 Å². The fourth-order valence-corrected chi connectivity index (χ4v) is 1.12. The smallest absolute Gasteiger partial charge is 0.212 e. The van der Waals surface area contributed by atoms with Crippen molar-refractivity contribution in [1.82, 2.24) is 4.98 Å². The number of hydrogen-bond donors (Lipinski definition) is 0. The second-order valence-electron chi connectivity index (χ2n) is 4.23. The van der Waals surface area contributed by atoms with Crippen LogP contribution < -0.4 is 0 Å². The van der Waals surface area contributed by atoms with Crippen molar-refractivity contribution in [3.05, 3.63) is 29.8 Å². The van der Waals surface area contributed by atoms with Gasteiger partial charge >= 0.3 is 0 Å². The Balaban J connectivity index is 2.71. The summed E-state index contributed by atoms with van der Waals surface area (Å²) in [5, 5.41) is 0. The standard InChI is InChI=1S/C10H14FN/c1-10(2,3)6-8-4-5-9(11)12-7-8/h4-5,7H,6H2,1-3H3. The van der Waals surface area contributed by atoms with Gasteiger partial charge in [-0.05, 0) is 23.5 Å². The van der Waals surface area contributed by atoms with E-state index in [1.165, 1.54) is 6.07 Å². The number of rotatable bonds is 1. The molecule has 0 amide bonds. The average Bonchev–Trinajstić information content (AvgIpc) is 1.91. The summed E-state index contributed by atoms with van der Waals surface area (Å²) in [6, 6.07) is 3.19. The van der Waals surface area contributed by atoms with Crippen molar-refractivity contribution in [2.75, 3.05) is 0 Å². The Bertz CT molecular complexity index is 246. The lowest BCUT2D eigenvalue weighted by atomic mass is 9.89. The second kappa shape index (κ2) is 3.21. The molecule has 12 heavy (non-hydrogen) atoms. The van der Waals surface area contributed by atoms with Crippen molar-refractivity contribution in [3.8, 4) is 0 Å². The SMILES string of the molecule is CC(C)(C)Cc1ccc(F)nc1. The normalized spacial score (nSPS) is 11.7. The molecule has 0 aromatic carbocycles. The number of aromatic nitrogens is 1. The van der Waals surface area contributed by atoms with Crippen molar-refractivity contribution in [1.29, 1.82) is 0 Å². The van der Waals surface area contributed by atoms with Gasteiger partial charge in [0.05, 0.1) is 0 Å². The first-order chi connectivity index (χ1) is 5.47. The molecule has 66 valence electrons. The Labute approximate surface area is 72.6 Å². The zero-order valence-corrected chi connectivity index (χ0v) is 7.76. The number of halogens is 1. The maximum atomic E-state index is 12.4. The van der Waals surface area contributed by atoms with E-state index in [-0.39, 0.29) is 5.41 Å². The molecule has 1 nitrogen and oxygen atoms in total. The van der Waals surface area contributed by atoms with Crippen molar-refractivity contribution in [3.63, 3.8) is 0 Å². The molecular weight excluding hydrogens is 153 g/mol. The highest BCUT2D eigenvalue weighted by Crippen LogP contribution is 2.19. The van der Waals surface area contributed by atoms with Crippen LogP contribution in [0.1, 0.15) is 26.3 Å². The molecule has 1 aromatic rings. The Morgan fingerprint density at radius 3 is 2.42 bits per heavy atom. The third kappa shape index (κ3) is 2.99. The number of pyridine rings is 1. The van der Waals surface area contributed by atoms with E-state index < -0.39 is 5.95 Å². The summed E-state index contributed by atoms with van der Waals surface area (Å²) in [6.45, 7) is 6.45. The van der Waals surface area contributed by atoms with Crippen LogP contribution in [0, 0.1) is 11.4 Å². The van der Waals surface area contributed by atoms with Gasteiger partial charge in [0, 0.05) is 6.20 Å². The summed E-state index contributed by atoms with van der Waals surface area (Å²) in [4.78, 5) is 3.60. The zero-order valence-electron chi connectivity index (χ0n) is 7.76. The van der Waals surface area contributed by atoms with Gasteiger partial charge in [-0.25, -0.2) is 4.98 Å². The Kier molecular flexibility index (Phi) is 2.46. The third-order valence-electron chi connectivity index (χ3n) is 1.52. The predicted molar refractivity (Wildman–Crippen MR) is 47.4 cm³/mol. The summed E-state index contributed by atoms with van der Waals surface area (Å²) in [6.07, 6.45) is 2.53. The molecule has 1 aromatic heterocycles. The molecule has 0 radical (unpaired) electrons. The summed E-state index contributed by atoms with van der Waals surface area (Å²) in [5.74, 6) is -0.410. The van der Waals surface area contributed by atoms with Gasteiger partial charge < -0.3 is 0 Å². The minimum atomic E-state index is -0.410. The van der Waals surface area contributed by atoms with Crippen molar-refractivity contribution < 1.29 is 4.39 Å². The Hall–Kier alpha value is -0.920. The first kappa shape index (κ1) is 9.17. The zero-order chi connectivity index (χ0) is 9.19. The molecular formula is C10H14FN. The largest absolute Gasteiger partial charge is 0.228 e. The van der Waals surface area contributed by atoms with Crippen LogP contribution in [0.5, 0.6) is 0 Å². The van der Waals surface area contributed by atoms with Crippen LogP contribution in [-0.4, -0.2) is 4.98 Å². The van der Waals surface area contributed by atoms with Crippen molar-refractivity contribution in [2.45, 2.75) is 27.2 Å². The first-order valence-electron chi connectivity index (χ1n) is 4.08. The van der Waals surface area contributed by atoms with E-state index in [1.54, 1.807) is 12.3 Å². The van der Waals surface area contributed by atoms with Crippen molar-refractivity contribution >= 4 is 0 Å². The fourth-order valence-electron chi connectivity index (χ4n) is 1.12. The van der Waals surface area contributed by atoms with E-state index in [4.69, 9.17) is 0 Å². The van der Waals surface area contributed by atoms with Crippen LogP contribution in [0.25, 0.3) is 0 Å². The molecule has 0 atom stereocenters. The summed E-state index contributed by atoms with van der Waals surface area (Å²) >= 11 is 0. The highest BCUT2D eigenvalue weighted by atomic mass is 19.1. The van der Waals surface area contributed by atoms with Crippen LogP contribution >= 0.6 is 0 Å². The second-order valence-corrected chi connectivity index (χ2v) is 4.23. The van der Waals surface area contributed by atoms with Crippen LogP contribution in [0.3, 0.4) is 0 Å². The molecule has 0 spiro atoms. The quantitative estimate of drug-likeness (QED) is 0.586. The van der Waals surface area contributed by atoms with Gasteiger partial charge in [-0.2, -0.15) is 4.39 Å². The monoisotopic (exact) mass is 167 g/mol.